The van der Waals surface area contributed by atoms with Crippen LogP contribution in [0, 0.1) is 11.6 Å². The number of rotatable bonds is 7. The molecule has 1 aliphatic carbocycles. The van der Waals surface area contributed by atoms with Crippen molar-refractivity contribution in [3.63, 3.8) is 0 Å². The van der Waals surface area contributed by atoms with Crippen molar-refractivity contribution in [3.8, 4) is 0 Å². The van der Waals surface area contributed by atoms with Crippen molar-refractivity contribution in [2.45, 2.75) is 36.5 Å². The zero-order valence-corrected chi connectivity index (χ0v) is 16.2. The second kappa shape index (κ2) is 8.31. The molecule has 1 saturated carbocycles. The van der Waals surface area contributed by atoms with Crippen LogP contribution in [0.4, 0.5) is 22.0 Å². The molecule has 2 aromatic rings. The average Bonchev–Trinajstić information content (AvgIpc) is 3.48. The molecule has 0 heterocycles. The van der Waals surface area contributed by atoms with Gasteiger partial charge in [-0.05, 0) is 42.7 Å². The van der Waals surface area contributed by atoms with E-state index in [-0.39, 0.29) is 12.1 Å². The van der Waals surface area contributed by atoms with Gasteiger partial charge in [0.05, 0.1) is 0 Å². The van der Waals surface area contributed by atoms with Crippen LogP contribution >= 0.6 is 0 Å². The largest absolute Gasteiger partial charge is 0.405 e. The number of amides is 1. The molecule has 5 nitrogen and oxygen atoms in total. The highest BCUT2D eigenvalue weighted by molar-refractivity contribution is 7.89. The van der Waals surface area contributed by atoms with E-state index in [9.17, 15) is 35.2 Å². The number of nitrogens with zero attached hydrogens (tertiary/aromatic N) is 1. The lowest BCUT2D eigenvalue weighted by Crippen LogP contribution is -2.34. The molecular formula is C19H17F5N2O3S. The minimum atomic E-state index is -4.54. The number of hydrogen-bond acceptors (Lipinski definition) is 3. The standard InChI is InChI=1S/C19H17F5N2O3S/c20-15-2-1-3-16(21)17(15)30(28,29)26(14-8-9-14)10-12-4-6-13(7-5-12)18(27)25-11-19(22,23)24/h1-7,14H,8-11H2,(H,25,27). The normalized spacial score (nSPS) is 14.7. The van der Waals surface area contributed by atoms with Gasteiger partial charge in [-0.2, -0.15) is 17.5 Å². The summed E-state index contributed by atoms with van der Waals surface area (Å²) in [4.78, 5) is 10.7. The molecule has 0 spiro atoms. The summed E-state index contributed by atoms with van der Waals surface area (Å²) in [7, 11) is -4.47. The van der Waals surface area contributed by atoms with Crippen molar-refractivity contribution in [2.75, 3.05) is 6.54 Å². The number of halogens is 5. The maximum absolute atomic E-state index is 14.1. The third-order valence-corrected chi connectivity index (χ3v) is 6.39. The number of hydrogen-bond donors (Lipinski definition) is 1. The summed E-state index contributed by atoms with van der Waals surface area (Å²) in [5.74, 6) is -3.33. The topological polar surface area (TPSA) is 66.5 Å². The van der Waals surface area contributed by atoms with Gasteiger partial charge in [0.1, 0.15) is 18.2 Å². The van der Waals surface area contributed by atoms with Gasteiger partial charge in [0.15, 0.2) is 4.90 Å². The lowest BCUT2D eigenvalue weighted by atomic mass is 10.1. The fourth-order valence-corrected chi connectivity index (χ4v) is 4.63. The van der Waals surface area contributed by atoms with E-state index in [4.69, 9.17) is 0 Å². The number of benzene rings is 2. The van der Waals surface area contributed by atoms with E-state index >= 15 is 0 Å². The van der Waals surface area contributed by atoms with Gasteiger partial charge in [0.2, 0.25) is 10.0 Å². The van der Waals surface area contributed by atoms with Crippen molar-refractivity contribution < 1.29 is 35.2 Å². The Labute approximate surface area is 169 Å². The Morgan fingerprint density at radius 1 is 1.03 bits per heavy atom. The van der Waals surface area contributed by atoms with E-state index in [0.29, 0.717) is 18.4 Å². The van der Waals surface area contributed by atoms with E-state index < -0.39 is 51.2 Å². The predicted molar refractivity (Wildman–Crippen MR) is 96.9 cm³/mol. The zero-order chi connectivity index (χ0) is 22.1. The van der Waals surface area contributed by atoms with Gasteiger partial charge < -0.3 is 5.32 Å². The number of carbonyl (C=O) groups is 1. The minimum Gasteiger partial charge on any atom is -0.343 e. The molecular weight excluding hydrogens is 431 g/mol. The minimum absolute atomic E-state index is 0.0380. The van der Waals surface area contributed by atoms with Gasteiger partial charge in [-0.3, -0.25) is 4.79 Å². The van der Waals surface area contributed by atoms with Crippen LogP contribution in [0.3, 0.4) is 0 Å². The maximum atomic E-state index is 14.1. The van der Waals surface area contributed by atoms with Crippen LogP contribution in [0.1, 0.15) is 28.8 Å². The van der Waals surface area contributed by atoms with Gasteiger partial charge in [-0.1, -0.05) is 18.2 Å². The van der Waals surface area contributed by atoms with Gasteiger partial charge in [-0.15, -0.1) is 0 Å². The first-order valence-corrected chi connectivity index (χ1v) is 10.3. The van der Waals surface area contributed by atoms with Crippen LogP contribution in [0.5, 0.6) is 0 Å². The van der Waals surface area contributed by atoms with Crippen LogP contribution in [0.2, 0.25) is 0 Å². The second-order valence-electron chi connectivity index (χ2n) is 6.83. The summed E-state index contributed by atoms with van der Waals surface area (Å²) in [5.41, 5.74) is 0.374. The highest BCUT2D eigenvalue weighted by Crippen LogP contribution is 2.35. The molecule has 0 saturated heterocycles. The van der Waals surface area contributed by atoms with Crippen molar-refractivity contribution in [1.82, 2.24) is 9.62 Å². The van der Waals surface area contributed by atoms with Crippen LogP contribution in [0.25, 0.3) is 0 Å². The summed E-state index contributed by atoms with van der Waals surface area (Å²) >= 11 is 0. The molecule has 0 atom stereocenters. The molecule has 1 amide bonds. The van der Waals surface area contributed by atoms with Crippen molar-refractivity contribution >= 4 is 15.9 Å². The van der Waals surface area contributed by atoms with E-state index in [1.807, 2.05) is 0 Å². The molecule has 3 rings (SSSR count). The smallest absolute Gasteiger partial charge is 0.343 e. The fraction of sp³-hybridized carbons (Fsp3) is 0.316. The third-order valence-electron chi connectivity index (χ3n) is 4.44. The van der Waals surface area contributed by atoms with Gasteiger partial charge in [-0.25, -0.2) is 17.2 Å². The average molecular weight is 448 g/mol. The summed E-state index contributed by atoms with van der Waals surface area (Å²) in [6.07, 6.45) is -3.48. The summed E-state index contributed by atoms with van der Waals surface area (Å²) in [5, 5.41) is 1.73. The second-order valence-corrected chi connectivity index (χ2v) is 8.65. The third kappa shape index (κ3) is 5.14. The fourth-order valence-electron chi connectivity index (χ4n) is 2.84. The first-order valence-electron chi connectivity index (χ1n) is 8.89. The monoisotopic (exact) mass is 448 g/mol. The molecule has 1 fully saturated rings. The summed E-state index contributed by atoms with van der Waals surface area (Å²) < 4.78 is 91.5. The first kappa shape index (κ1) is 22.2. The lowest BCUT2D eigenvalue weighted by Gasteiger charge is -2.22. The Hall–Kier alpha value is -2.53. The van der Waals surface area contributed by atoms with E-state index in [2.05, 4.69) is 0 Å². The SMILES string of the molecule is O=C(NCC(F)(F)F)c1ccc(CN(C2CC2)S(=O)(=O)c2c(F)cccc2F)cc1. The Balaban J connectivity index is 1.79. The number of alkyl halides is 3. The van der Waals surface area contributed by atoms with Gasteiger partial charge >= 0.3 is 6.18 Å². The van der Waals surface area contributed by atoms with Crippen molar-refractivity contribution in [3.05, 3.63) is 65.2 Å². The van der Waals surface area contributed by atoms with Crippen molar-refractivity contribution in [1.29, 1.82) is 0 Å². The molecule has 0 aromatic heterocycles. The molecule has 162 valence electrons. The van der Waals surface area contributed by atoms with E-state index in [0.717, 1.165) is 22.5 Å². The van der Waals surface area contributed by atoms with Gasteiger partial charge in [0.25, 0.3) is 5.91 Å². The van der Waals surface area contributed by atoms with Crippen molar-refractivity contribution in [2.24, 2.45) is 0 Å². The van der Waals surface area contributed by atoms with Crippen LogP contribution < -0.4 is 5.32 Å². The van der Waals surface area contributed by atoms with Gasteiger partial charge in [0, 0.05) is 18.2 Å². The molecule has 0 aliphatic heterocycles. The van der Waals surface area contributed by atoms with Crippen LogP contribution in [-0.4, -0.2) is 37.4 Å². The predicted octanol–water partition coefficient (Wildman–Crippen LogP) is 3.61. The van der Waals surface area contributed by atoms with E-state index in [1.54, 1.807) is 5.32 Å². The molecule has 1 aliphatic rings. The summed E-state index contributed by atoms with van der Waals surface area (Å²) in [6.45, 7) is -1.68. The molecule has 11 heteroatoms. The van der Waals surface area contributed by atoms with Crippen LogP contribution in [-0.2, 0) is 16.6 Å². The molecule has 0 unspecified atom stereocenters. The molecule has 0 bridgehead atoms. The molecule has 2 aromatic carbocycles. The quantitative estimate of drug-likeness (QED) is 0.659. The highest BCUT2D eigenvalue weighted by atomic mass is 32.2. The zero-order valence-electron chi connectivity index (χ0n) is 15.4. The lowest BCUT2D eigenvalue weighted by molar-refractivity contribution is -0.123. The highest BCUT2D eigenvalue weighted by Gasteiger charge is 2.40. The van der Waals surface area contributed by atoms with E-state index in [1.165, 1.54) is 24.3 Å². The molecule has 30 heavy (non-hydrogen) atoms. The Kier molecular flexibility index (Phi) is 6.14. The maximum Gasteiger partial charge on any atom is 0.405 e. The summed E-state index contributed by atoms with van der Waals surface area (Å²) in [6, 6.07) is 7.63. The molecule has 0 radical (unpaired) electrons. The molecule has 1 N–H and O–H groups in total. The number of sulfonamides is 1. The Morgan fingerprint density at radius 3 is 2.10 bits per heavy atom. The number of nitrogens with one attached hydrogen (secondary N) is 1. The van der Waals surface area contributed by atoms with Crippen LogP contribution in [0.15, 0.2) is 47.4 Å². The Morgan fingerprint density at radius 2 is 1.60 bits per heavy atom. The first-order chi connectivity index (χ1) is 14.0. The number of carbonyl (C=O) groups excluding carboxylic acids is 1. The Bertz CT molecular complexity index is 1010.